The van der Waals surface area contributed by atoms with Crippen molar-refractivity contribution >= 4 is 27.3 Å². The van der Waals surface area contributed by atoms with Gasteiger partial charge < -0.3 is 9.64 Å². The fourth-order valence-corrected chi connectivity index (χ4v) is 6.40. The highest BCUT2D eigenvalue weighted by atomic mass is 35.5. The summed E-state index contributed by atoms with van der Waals surface area (Å²) in [6.07, 6.45) is 0.385. The molecule has 0 N–H and O–H groups in total. The number of hydrogen-bond acceptors (Lipinski definition) is 4. The summed E-state index contributed by atoms with van der Waals surface area (Å²) in [5.74, 6) is -0.120. The van der Waals surface area contributed by atoms with Crippen molar-refractivity contribution in [3.63, 3.8) is 0 Å². The van der Waals surface area contributed by atoms with Gasteiger partial charge >= 0.3 is 0 Å². The molecular weight excluding hydrogens is 410 g/mol. The maximum atomic E-state index is 13.6. The molecule has 7 heteroatoms. The first-order chi connectivity index (χ1) is 13.5. The predicted octanol–water partition coefficient (Wildman–Crippen LogP) is 4.36. The van der Waals surface area contributed by atoms with Crippen molar-refractivity contribution in [3.8, 4) is 5.75 Å². The molecule has 3 atom stereocenters. The van der Waals surface area contributed by atoms with E-state index in [-0.39, 0.29) is 4.90 Å². The van der Waals surface area contributed by atoms with Gasteiger partial charge in [-0.05, 0) is 48.7 Å². The largest absolute Gasteiger partial charge is 0.468 e. The number of ether oxygens (including phenoxy) is 1. The third-order valence-corrected chi connectivity index (χ3v) is 8.52. The molecule has 2 aromatic rings. The fraction of sp³-hybridized carbons (Fsp3) is 0.409. The van der Waals surface area contributed by atoms with Crippen molar-refractivity contribution in [2.75, 3.05) is 7.05 Å². The Morgan fingerprint density at radius 2 is 1.83 bits per heavy atom. The average molecular weight is 434 g/mol. The number of likely N-dealkylation sites (tertiary alicyclic amines) is 1. The van der Waals surface area contributed by atoms with Crippen LogP contribution in [0.15, 0.2) is 47.4 Å². The number of carbonyl (C=O) groups excluding carboxylic acids is 1. The molecule has 154 valence electrons. The van der Waals surface area contributed by atoms with Crippen LogP contribution in [0, 0.1) is 0 Å². The first kappa shape index (κ1) is 20.2. The number of carbonyl (C=O) groups is 1. The van der Waals surface area contributed by atoms with E-state index in [2.05, 4.69) is 0 Å². The second-order valence-electron chi connectivity index (χ2n) is 8.36. The standard InChI is InChI=1S/C22H24ClNO4S/c1-13(2)14-5-8-16(9-6-14)29(26,27)20-18-12-22(3,24(4)21(20)25)28-19-10-7-15(23)11-17(18)19/h5-11,13,18,20H,12H2,1-4H3/t18-,20-,22+/m0/s1. The van der Waals surface area contributed by atoms with Gasteiger partial charge in [-0.2, -0.15) is 0 Å². The monoisotopic (exact) mass is 433 g/mol. The van der Waals surface area contributed by atoms with Crippen molar-refractivity contribution in [1.82, 2.24) is 4.90 Å². The van der Waals surface area contributed by atoms with E-state index in [1.165, 1.54) is 4.90 Å². The number of amides is 1. The van der Waals surface area contributed by atoms with Gasteiger partial charge in [-0.3, -0.25) is 4.79 Å². The van der Waals surface area contributed by atoms with Gasteiger partial charge in [0.2, 0.25) is 5.91 Å². The lowest BCUT2D eigenvalue weighted by Crippen LogP contribution is -2.64. The van der Waals surface area contributed by atoms with Gasteiger partial charge in [0.1, 0.15) is 5.75 Å². The first-order valence-electron chi connectivity index (χ1n) is 9.64. The van der Waals surface area contributed by atoms with Gasteiger partial charge in [0, 0.05) is 30.0 Å². The Balaban J connectivity index is 1.85. The van der Waals surface area contributed by atoms with Crippen LogP contribution in [0.25, 0.3) is 0 Å². The highest BCUT2D eigenvalue weighted by Gasteiger charge is 2.57. The smallest absolute Gasteiger partial charge is 0.244 e. The first-order valence-corrected chi connectivity index (χ1v) is 11.6. The Hall–Kier alpha value is -2.05. The summed E-state index contributed by atoms with van der Waals surface area (Å²) < 4.78 is 33.3. The van der Waals surface area contributed by atoms with E-state index in [4.69, 9.17) is 16.3 Å². The summed E-state index contributed by atoms with van der Waals surface area (Å²) in [5.41, 5.74) is 0.825. The van der Waals surface area contributed by atoms with Crippen molar-refractivity contribution in [3.05, 3.63) is 58.6 Å². The highest BCUT2D eigenvalue weighted by molar-refractivity contribution is 7.92. The number of benzene rings is 2. The second-order valence-corrected chi connectivity index (χ2v) is 10.9. The molecule has 2 aliphatic heterocycles. The van der Waals surface area contributed by atoms with Gasteiger partial charge in [-0.1, -0.05) is 37.6 Å². The molecule has 0 radical (unpaired) electrons. The molecule has 1 fully saturated rings. The van der Waals surface area contributed by atoms with Crippen LogP contribution >= 0.6 is 11.6 Å². The Morgan fingerprint density at radius 1 is 1.17 bits per heavy atom. The fourth-order valence-electron chi connectivity index (χ4n) is 4.31. The number of hydrogen-bond donors (Lipinski definition) is 0. The van der Waals surface area contributed by atoms with Crippen LogP contribution in [0.5, 0.6) is 5.75 Å². The van der Waals surface area contributed by atoms with Gasteiger partial charge in [0.05, 0.1) is 4.90 Å². The molecule has 0 saturated carbocycles. The number of rotatable bonds is 3. The lowest BCUT2D eigenvalue weighted by Gasteiger charge is -2.51. The van der Waals surface area contributed by atoms with Gasteiger partial charge in [0.25, 0.3) is 0 Å². The zero-order valence-corrected chi connectivity index (χ0v) is 18.4. The molecule has 2 heterocycles. The lowest BCUT2D eigenvalue weighted by atomic mass is 9.80. The van der Waals surface area contributed by atoms with Crippen molar-refractivity contribution in [2.24, 2.45) is 0 Å². The number of fused-ring (bicyclic) bond motifs is 4. The van der Waals surface area contributed by atoms with Gasteiger partial charge in [0.15, 0.2) is 20.8 Å². The molecular formula is C22H24ClNO4S. The zero-order valence-electron chi connectivity index (χ0n) is 16.8. The van der Waals surface area contributed by atoms with Gasteiger partial charge in [-0.25, -0.2) is 8.42 Å². The van der Waals surface area contributed by atoms with E-state index < -0.39 is 32.6 Å². The van der Waals surface area contributed by atoms with E-state index in [1.807, 2.05) is 32.9 Å². The summed E-state index contributed by atoms with van der Waals surface area (Å²) >= 11 is 6.18. The van der Waals surface area contributed by atoms with Crippen molar-refractivity contribution in [1.29, 1.82) is 0 Å². The predicted molar refractivity (Wildman–Crippen MR) is 112 cm³/mol. The molecule has 1 saturated heterocycles. The molecule has 0 aliphatic carbocycles. The topological polar surface area (TPSA) is 63.7 Å². The summed E-state index contributed by atoms with van der Waals surface area (Å²) in [5, 5.41) is -0.730. The number of sulfone groups is 1. The minimum absolute atomic E-state index is 0.160. The SMILES string of the molecule is CC(C)c1ccc(S(=O)(=O)[C@@H]2C(=O)N(C)[C@@]3(C)C[C@H]2c2cc(Cl)ccc2O3)cc1. The second kappa shape index (κ2) is 6.74. The summed E-state index contributed by atoms with van der Waals surface area (Å²) in [7, 11) is -2.31. The normalized spacial score (nSPS) is 26.3. The molecule has 0 unspecified atom stereocenters. The Kier molecular flexibility index (Phi) is 4.70. The highest BCUT2D eigenvalue weighted by Crippen LogP contribution is 2.50. The van der Waals surface area contributed by atoms with E-state index >= 15 is 0 Å². The maximum absolute atomic E-state index is 13.6. The number of nitrogens with zero attached hydrogens (tertiary/aromatic N) is 1. The van der Waals surface area contributed by atoms with Crippen molar-refractivity contribution < 1.29 is 17.9 Å². The maximum Gasteiger partial charge on any atom is 0.244 e. The Bertz CT molecular complexity index is 1080. The lowest BCUT2D eigenvalue weighted by molar-refractivity contribution is -0.159. The number of piperidine rings is 1. The van der Waals surface area contributed by atoms with Crippen LogP contribution in [0.4, 0.5) is 0 Å². The Labute approximate surface area is 176 Å². The van der Waals surface area contributed by atoms with Crippen LogP contribution in [-0.4, -0.2) is 37.2 Å². The zero-order chi connectivity index (χ0) is 21.1. The third kappa shape index (κ3) is 3.13. The van der Waals surface area contributed by atoms with E-state index in [9.17, 15) is 13.2 Å². The Morgan fingerprint density at radius 3 is 2.45 bits per heavy atom. The molecule has 1 amide bonds. The van der Waals surface area contributed by atoms with E-state index in [0.717, 1.165) is 5.56 Å². The van der Waals surface area contributed by atoms with Crippen LogP contribution in [0.2, 0.25) is 5.02 Å². The summed E-state index contributed by atoms with van der Waals surface area (Å²) in [4.78, 5) is 14.8. The molecule has 0 aromatic heterocycles. The third-order valence-electron chi connectivity index (χ3n) is 6.16. The van der Waals surface area contributed by atoms with Gasteiger partial charge in [-0.15, -0.1) is 0 Å². The molecule has 5 nitrogen and oxygen atoms in total. The average Bonchev–Trinajstić information content (AvgIpc) is 2.67. The molecule has 4 rings (SSSR count). The van der Waals surface area contributed by atoms with Crippen molar-refractivity contribution in [2.45, 2.75) is 54.9 Å². The quantitative estimate of drug-likeness (QED) is 0.721. The summed E-state index contributed by atoms with van der Waals surface area (Å²) in [6.45, 7) is 5.91. The van der Waals surface area contributed by atoms with Crippen LogP contribution in [0.1, 0.15) is 50.2 Å². The number of halogens is 1. The van der Waals surface area contributed by atoms with E-state index in [0.29, 0.717) is 28.7 Å². The minimum Gasteiger partial charge on any atom is -0.468 e. The minimum atomic E-state index is -3.91. The van der Waals surface area contributed by atoms with E-state index in [1.54, 1.807) is 37.4 Å². The molecule has 2 aromatic carbocycles. The molecule has 2 bridgehead atoms. The van der Waals surface area contributed by atoms with Crippen LogP contribution in [0.3, 0.4) is 0 Å². The summed E-state index contributed by atoms with van der Waals surface area (Å²) in [6, 6.07) is 12.0. The molecule has 29 heavy (non-hydrogen) atoms. The van der Waals surface area contributed by atoms with Crippen LogP contribution < -0.4 is 4.74 Å². The van der Waals surface area contributed by atoms with Crippen LogP contribution in [-0.2, 0) is 14.6 Å². The molecule has 0 spiro atoms. The molecule has 2 aliphatic rings.